The number of ether oxygens (including phenoxy) is 1. The van der Waals surface area contributed by atoms with Gasteiger partial charge in [0.15, 0.2) is 11.6 Å². The monoisotopic (exact) mass is 743 g/mol. The lowest BCUT2D eigenvalue weighted by molar-refractivity contribution is 0.0520. The first kappa shape index (κ1) is 36.4. The molecule has 1 aliphatic carbocycles. The molecule has 0 bridgehead atoms. The Kier molecular flexibility index (Phi) is 12.1. The minimum absolute atomic E-state index is 0. The van der Waals surface area contributed by atoms with Crippen LogP contribution in [0.25, 0.3) is 10.9 Å². The highest BCUT2D eigenvalue weighted by molar-refractivity contribution is 9.10. The zero-order chi connectivity index (χ0) is 30.3. The maximum absolute atomic E-state index is 14.1. The molecule has 2 aromatic carbocycles. The second-order valence-corrected chi connectivity index (χ2v) is 12.6. The van der Waals surface area contributed by atoms with Crippen molar-refractivity contribution in [3.63, 3.8) is 0 Å². The van der Waals surface area contributed by atoms with Crippen molar-refractivity contribution in [1.82, 2.24) is 14.4 Å². The van der Waals surface area contributed by atoms with Crippen LogP contribution in [0.3, 0.4) is 0 Å². The van der Waals surface area contributed by atoms with Gasteiger partial charge in [0.1, 0.15) is 11.9 Å². The van der Waals surface area contributed by atoms with Crippen LogP contribution in [0.1, 0.15) is 59.1 Å². The number of rotatable bonds is 10. The number of benzene rings is 2. The first-order valence-electron chi connectivity index (χ1n) is 13.6. The fourth-order valence-corrected chi connectivity index (χ4v) is 6.47. The summed E-state index contributed by atoms with van der Waals surface area (Å²) in [5.74, 6) is -3.07. The fourth-order valence-electron chi connectivity index (χ4n) is 5.56. The van der Waals surface area contributed by atoms with Crippen molar-refractivity contribution >= 4 is 68.0 Å². The number of hydrogen-bond acceptors (Lipinski definition) is 8. The van der Waals surface area contributed by atoms with Crippen molar-refractivity contribution in [2.24, 2.45) is 0 Å². The number of nitrogens with zero attached hydrogens (tertiary/aromatic N) is 3. The average molecular weight is 745 g/mol. The summed E-state index contributed by atoms with van der Waals surface area (Å²) in [7, 11) is -3.06. The number of esters is 1. The molecule has 5 rings (SSSR count). The third-order valence-corrected chi connectivity index (χ3v) is 8.76. The molecule has 244 valence electrons. The lowest BCUT2D eigenvalue weighted by atomic mass is 9.98. The van der Waals surface area contributed by atoms with Gasteiger partial charge in [0.2, 0.25) is 0 Å². The van der Waals surface area contributed by atoms with Crippen molar-refractivity contribution in [3.05, 3.63) is 62.8 Å². The average Bonchev–Trinajstić information content (AvgIpc) is 3.70. The Labute approximate surface area is 275 Å². The number of carbonyl (C=O) groups excluding carboxylic acids is 1. The SMILES string of the molecule is CCOC(=O)c1c(C(Cc2ccc(F)c(F)c2)OS(=O)(=O)O)n(C2CC2)c2cc(Br)c(O)c(CN3CCN(C)CC3)c12.Cl.Cl. The largest absolute Gasteiger partial charge is 0.506 e. The molecule has 10 nitrogen and oxygen atoms in total. The Bertz CT molecular complexity index is 1630. The maximum atomic E-state index is 14.1. The number of phenols is 1. The molecule has 1 unspecified atom stereocenters. The van der Waals surface area contributed by atoms with Gasteiger partial charge in [-0.2, -0.15) is 8.42 Å². The lowest BCUT2D eigenvalue weighted by Crippen LogP contribution is -2.43. The number of aromatic nitrogens is 1. The van der Waals surface area contributed by atoms with Crippen LogP contribution in [0.15, 0.2) is 28.7 Å². The Hall–Kier alpha value is -2.04. The number of hydrogen-bond donors (Lipinski definition) is 2. The van der Waals surface area contributed by atoms with Gasteiger partial charge >= 0.3 is 16.4 Å². The molecule has 0 radical (unpaired) electrons. The summed E-state index contributed by atoms with van der Waals surface area (Å²) < 4.78 is 74.7. The van der Waals surface area contributed by atoms with E-state index in [0.717, 1.165) is 51.2 Å². The first-order valence-corrected chi connectivity index (χ1v) is 15.8. The van der Waals surface area contributed by atoms with Crippen LogP contribution >= 0.6 is 40.7 Å². The predicted molar refractivity (Wildman–Crippen MR) is 168 cm³/mol. The van der Waals surface area contributed by atoms with Crippen LogP contribution < -0.4 is 0 Å². The molecule has 1 atom stereocenters. The van der Waals surface area contributed by atoms with E-state index in [2.05, 4.69) is 25.7 Å². The molecule has 2 N–H and O–H groups in total. The van der Waals surface area contributed by atoms with Crippen LogP contribution in [-0.2, 0) is 32.3 Å². The van der Waals surface area contributed by atoms with Crippen molar-refractivity contribution in [3.8, 4) is 5.75 Å². The molecular formula is C28H34BrCl2F2N3O7S. The number of likely N-dealkylation sites (N-methyl/N-ethyl adjacent to an activating group) is 1. The van der Waals surface area contributed by atoms with E-state index in [1.165, 1.54) is 6.07 Å². The zero-order valence-electron chi connectivity index (χ0n) is 24.0. The van der Waals surface area contributed by atoms with Gasteiger partial charge in [0.25, 0.3) is 0 Å². The van der Waals surface area contributed by atoms with Gasteiger partial charge in [-0.15, -0.1) is 24.8 Å². The fraction of sp³-hybridized carbons (Fsp3) is 0.464. The summed E-state index contributed by atoms with van der Waals surface area (Å²) in [6.07, 6.45) is -0.410. The van der Waals surface area contributed by atoms with Crippen LogP contribution in [0.2, 0.25) is 0 Å². The molecule has 0 amide bonds. The lowest BCUT2D eigenvalue weighted by Gasteiger charge is -2.32. The van der Waals surface area contributed by atoms with E-state index in [9.17, 15) is 31.7 Å². The Balaban J connectivity index is 0.00000264. The topological polar surface area (TPSA) is 122 Å². The zero-order valence-corrected chi connectivity index (χ0v) is 28.0. The first-order chi connectivity index (χ1) is 19.9. The highest BCUT2D eigenvalue weighted by atomic mass is 79.9. The molecular weight excluding hydrogens is 711 g/mol. The second-order valence-electron chi connectivity index (χ2n) is 10.7. The van der Waals surface area contributed by atoms with Crippen molar-refractivity contribution in [1.29, 1.82) is 0 Å². The number of aromatic hydroxyl groups is 1. The number of phenolic OH excluding ortho intramolecular Hbond substituents is 1. The van der Waals surface area contributed by atoms with Gasteiger partial charge in [-0.25, -0.2) is 17.8 Å². The van der Waals surface area contributed by atoms with E-state index >= 15 is 0 Å². The minimum Gasteiger partial charge on any atom is -0.506 e. The molecule has 16 heteroatoms. The molecule has 2 heterocycles. The molecule has 2 fully saturated rings. The van der Waals surface area contributed by atoms with Crippen LogP contribution in [-0.4, -0.2) is 78.2 Å². The van der Waals surface area contributed by atoms with Gasteiger partial charge in [0, 0.05) is 56.1 Å². The molecule has 3 aromatic rings. The number of halogens is 5. The number of carbonyl (C=O) groups is 1. The normalized spacial score (nSPS) is 16.8. The number of fused-ring (bicyclic) bond motifs is 1. The molecule has 0 spiro atoms. The maximum Gasteiger partial charge on any atom is 0.398 e. The van der Waals surface area contributed by atoms with E-state index in [1.54, 1.807) is 17.6 Å². The Morgan fingerprint density at radius 2 is 1.77 bits per heavy atom. The molecule has 1 aliphatic heterocycles. The Morgan fingerprint density at radius 1 is 1.11 bits per heavy atom. The summed E-state index contributed by atoms with van der Waals surface area (Å²) in [5, 5.41) is 11.7. The third-order valence-electron chi connectivity index (χ3n) is 7.68. The molecule has 1 aromatic heterocycles. The van der Waals surface area contributed by atoms with Crippen molar-refractivity contribution in [2.45, 2.75) is 44.9 Å². The Morgan fingerprint density at radius 3 is 2.34 bits per heavy atom. The van der Waals surface area contributed by atoms with E-state index in [4.69, 9.17) is 8.92 Å². The van der Waals surface area contributed by atoms with Crippen LogP contribution in [0.5, 0.6) is 5.75 Å². The number of piperazine rings is 1. The van der Waals surface area contributed by atoms with E-state index < -0.39 is 34.1 Å². The summed E-state index contributed by atoms with van der Waals surface area (Å²) in [4.78, 5) is 18.1. The van der Waals surface area contributed by atoms with Gasteiger partial charge in [-0.3, -0.25) is 9.45 Å². The standard InChI is InChI=1S/C28H32BrF2N3O7S.2ClH/c1-3-40-28(36)25-24-18(15-33-10-8-32(2)9-11-33)27(35)19(29)14-22(24)34(17-5-6-17)26(25)23(41-42(37,38)39)13-16-4-7-20(30)21(31)12-16;;/h4,7,12,14,17,23,35H,3,5-6,8-11,13,15H2,1-2H3,(H,37,38,39);2*1H. The van der Waals surface area contributed by atoms with Gasteiger partial charge in [0.05, 0.1) is 27.9 Å². The van der Waals surface area contributed by atoms with E-state index in [1.807, 2.05) is 7.05 Å². The summed E-state index contributed by atoms with van der Waals surface area (Å²) >= 11 is 3.45. The highest BCUT2D eigenvalue weighted by Gasteiger charge is 2.39. The third kappa shape index (κ3) is 7.84. The van der Waals surface area contributed by atoms with E-state index in [0.29, 0.717) is 27.5 Å². The molecule has 1 saturated heterocycles. The quantitative estimate of drug-likeness (QED) is 0.202. The van der Waals surface area contributed by atoms with Gasteiger partial charge in [-0.1, -0.05) is 6.07 Å². The second kappa shape index (κ2) is 14.6. The van der Waals surface area contributed by atoms with Crippen molar-refractivity contribution < 1.29 is 40.6 Å². The highest BCUT2D eigenvalue weighted by Crippen LogP contribution is 2.48. The molecule has 1 saturated carbocycles. The minimum atomic E-state index is -5.08. The predicted octanol–water partition coefficient (Wildman–Crippen LogP) is 5.59. The molecule has 44 heavy (non-hydrogen) atoms. The molecule has 2 aliphatic rings. The van der Waals surface area contributed by atoms with E-state index in [-0.39, 0.29) is 66.5 Å². The van der Waals surface area contributed by atoms with Gasteiger partial charge < -0.3 is 19.3 Å². The summed E-state index contributed by atoms with van der Waals surface area (Å²) in [6.45, 7) is 5.01. The van der Waals surface area contributed by atoms with Crippen LogP contribution in [0.4, 0.5) is 8.78 Å². The summed E-state index contributed by atoms with van der Waals surface area (Å²) in [5.41, 5.74) is 1.25. The smallest absolute Gasteiger partial charge is 0.398 e. The van der Waals surface area contributed by atoms with Crippen LogP contribution in [0, 0.1) is 11.6 Å². The van der Waals surface area contributed by atoms with Gasteiger partial charge in [-0.05, 0) is 66.5 Å². The summed E-state index contributed by atoms with van der Waals surface area (Å²) in [6, 6.07) is 4.60. The van der Waals surface area contributed by atoms with Crippen molar-refractivity contribution in [2.75, 3.05) is 39.8 Å².